The van der Waals surface area contributed by atoms with Gasteiger partial charge in [-0.1, -0.05) is 42.5 Å². The van der Waals surface area contributed by atoms with E-state index in [1.54, 1.807) is 12.1 Å². The summed E-state index contributed by atoms with van der Waals surface area (Å²) in [4.78, 5) is 12.9. The molecule has 0 spiro atoms. The van der Waals surface area contributed by atoms with E-state index < -0.39 is 36.0 Å². The minimum absolute atomic E-state index is 0.363. The van der Waals surface area contributed by atoms with Crippen molar-refractivity contribution >= 4 is 11.7 Å². The van der Waals surface area contributed by atoms with Crippen LogP contribution in [-0.4, -0.2) is 17.2 Å². The van der Waals surface area contributed by atoms with Gasteiger partial charge in [-0.2, -0.15) is 13.2 Å². The molecule has 0 bridgehead atoms. The van der Waals surface area contributed by atoms with Crippen LogP contribution in [0.2, 0.25) is 0 Å². The fourth-order valence-electron chi connectivity index (χ4n) is 4.71. The fraction of sp³-hybridized carbons (Fsp3) is 0.269. The number of alkyl halides is 3. The lowest BCUT2D eigenvalue weighted by molar-refractivity contribution is -0.137. The van der Waals surface area contributed by atoms with Crippen LogP contribution in [0.3, 0.4) is 0 Å². The van der Waals surface area contributed by atoms with Gasteiger partial charge >= 0.3 is 12.2 Å². The summed E-state index contributed by atoms with van der Waals surface area (Å²) in [7, 11) is 0. The van der Waals surface area contributed by atoms with E-state index in [9.17, 15) is 23.1 Å². The molecule has 3 N–H and O–H groups in total. The van der Waals surface area contributed by atoms with Crippen molar-refractivity contribution in [2.45, 2.75) is 43.7 Å². The molecule has 1 aliphatic carbocycles. The van der Waals surface area contributed by atoms with Crippen LogP contribution >= 0.6 is 0 Å². The number of hydrogen-bond acceptors (Lipinski definition) is 3. The maximum atomic E-state index is 12.9. The molecule has 0 radical (unpaired) electrons. The third-order valence-corrected chi connectivity index (χ3v) is 6.35. The highest BCUT2D eigenvalue weighted by molar-refractivity contribution is 5.90. The number of fused-ring (bicyclic) bond motifs is 2. The number of aliphatic hydroxyl groups excluding tert-OH is 1. The Morgan fingerprint density at radius 2 is 1.74 bits per heavy atom. The number of halogens is 3. The number of ether oxygens (including phenoxy) is 1. The van der Waals surface area contributed by atoms with Crippen LogP contribution in [0, 0.1) is 0 Å². The Morgan fingerprint density at radius 3 is 2.50 bits per heavy atom. The largest absolute Gasteiger partial charge is 0.485 e. The quantitative estimate of drug-likeness (QED) is 0.472. The molecule has 2 amide bonds. The Bertz CT molecular complexity index is 1210. The second-order valence-electron chi connectivity index (χ2n) is 8.66. The summed E-state index contributed by atoms with van der Waals surface area (Å²) in [5.41, 5.74) is 3.29. The summed E-state index contributed by atoms with van der Waals surface area (Å²) >= 11 is 0. The number of urea groups is 1. The third-order valence-electron chi connectivity index (χ3n) is 6.35. The number of rotatable bonds is 3. The van der Waals surface area contributed by atoms with Crippen molar-refractivity contribution in [1.29, 1.82) is 0 Å². The molecular weight excluding hydrogens is 445 g/mol. The summed E-state index contributed by atoms with van der Waals surface area (Å²) in [6.45, 7) is 0. The minimum atomic E-state index is -4.41. The number of para-hydroxylation sites is 1. The van der Waals surface area contributed by atoms with Crippen molar-refractivity contribution in [1.82, 2.24) is 5.32 Å². The average Bonchev–Trinajstić information content (AvgIpc) is 3.20. The molecule has 5 nitrogen and oxygen atoms in total. The SMILES string of the molecule is O=C(Nc1cccc2c1CC(O)C2)NC1CC(c2ccc(C(F)(F)F)cc2)Oc2ccccc21. The minimum Gasteiger partial charge on any atom is -0.485 e. The fourth-order valence-corrected chi connectivity index (χ4v) is 4.71. The molecule has 3 unspecified atom stereocenters. The Kier molecular flexibility index (Phi) is 5.69. The van der Waals surface area contributed by atoms with Gasteiger partial charge < -0.3 is 20.5 Å². The van der Waals surface area contributed by atoms with E-state index in [1.165, 1.54) is 12.1 Å². The number of anilines is 1. The summed E-state index contributed by atoms with van der Waals surface area (Å²) in [5.74, 6) is 0.577. The molecule has 0 aromatic heterocycles. The van der Waals surface area contributed by atoms with Crippen molar-refractivity contribution < 1.29 is 27.8 Å². The van der Waals surface area contributed by atoms with Gasteiger partial charge in [0.1, 0.15) is 11.9 Å². The standard InChI is InChI=1S/C26H23F3N2O3/c27-26(28,29)17-10-8-15(9-11-17)24-14-22(19-5-1-2-7-23(19)34-24)31-25(33)30-21-6-3-4-16-12-18(32)13-20(16)21/h1-11,18,22,24,32H,12-14H2,(H2,30,31,33). The number of hydrogen-bond donors (Lipinski definition) is 3. The highest BCUT2D eigenvalue weighted by Crippen LogP contribution is 2.41. The summed E-state index contributed by atoms with van der Waals surface area (Å²) in [6, 6.07) is 17.0. The number of carbonyl (C=O) groups is 1. The molecule has 0 saturated carbocycles. The van der Waals surface area contributed by atoms with Crippen LogP contribution in [0.5, 0.6) is 5.75 Å². The van der Waals surface area contributed by atoms with Gasteiger partial charge in [0.2, 0.25) is 0 Å². The topological polar surface area (TPSA) is 70.6 Å². The first-order valence-corrected chi connectivity index (χ1v) is 11.1. The van der Waals surface area contributed by atoms with Gasteiger partial charge in [-0.25, -0.2) is 4.79 Å². The van der Waals surface area contributed by atoms with E-state index >= 15 is 0 Å². The predicted molar refractivity (Wildman–Crippen MR) is 121 cm³/mol. The Hall–Kier alpha value is -3.52. The summed E-state index contributed by atoms with van der Waals surface area (Å²) in [5, 5.41) is 15.9. The molecular formula is C26H23F3N2O3. The van der Waals surface area contributed by atoms with Gasteiger partial charge in [-0.05, 0) is 47.4 Å². The first-order valence-electron chi connectivity index (χ1n) is 11.1. The van der Waals surface area contributed by atoms with Crippen LogP contribution in [0.15, 0.2) is 66.7 Å². The molecule has 3 aromatic carbocycles. The zero-order valence-electron chi connectivity index (χ0n) is 18.1. The number of carbonyl (C=O) groups excluding carboxylic acids is 1. The van der Waals surface area contributed by atoms with E-state index in [-0.39, 0.29) is 0 Å². The van der Waals surface area contributed by atoms with Gasteiger partial charge in [0, 0.05) is 24.1 Å². The van der Waals surface area contributed by atoms with Crippen molar-refractivity contribution in [3.05, 3.63) is 94.5 Å². The molecule has 0 saturated heterocycles. The lowest BCUT2D eigenvalue weighted by Gasteiger charge is -2.33. The van der Waals surface area contributed by atoms with Crippen molar-refractivity contribution in [3.8, 4) is 5.75 Å². The second-order valence-corrected chi connectivity index (χ2v) is 8.66. The molecule has 0 fully saturated rings. The molecule has 5 rings (SSSR count). The van der Waals surface area contributed by atoms with Gasteiger partial charge in [-0.3, -0.25) is 0 Å². The van der Waals surface area contributed by atoms with Crippen molar-refractivity contribution in [2.24, 2.45) is 0 Å². The number of amides is 2. The Morgan fingerprint density at radius 1 is 0.971 bits per heavy atom. The van der Waals surface area contributed by atoms with Crippen molar-refractivity contribution in [2.75, 3.05) is 5.32 Å². The average molecular weight is 468 g/mol. The number of nitrogens with one attached hydrogen (secondary N) is 2. The van der Waals surface area contributed by atoms with Crippen molar-refractivity contribution in [3.63, 3.8) is 0 Å². The summed E-state index contributed by atoms with van der Waals surface area (Å²) < 4.78 is 44.9. The predicted octanol–water partition coefficient (Wildman–Crippen LogP) is 5.55. The monoisotopic (exact) mass is 468 g/mol. The van der Waals surface area contributed by atoms with Gasteiger partial charge in [0.25, 0.3) is 0 Å². The first-order chi connectivity index (χ1) is 16.3. The molecule has 1 heterocycles. The maximum absolute atomic E-state index is 12.9. The van der Waals surface area contributed by atoms with Gasteiger partial charge in [-0.15, -0.1) is 0 Å². The lowest BCUT2D eigenvalue weighted by Crippen LogP contribution is -2.36. The number of benzene rings is 3. The van der Waals surface area contributed by atoms with Crippen LogP contribution in [0.1, 0.15) is 46.4 Å². The second kappa shape index (κ2) is 8.68. The summed E-state index contributed by atoms with van der Waals surface area (Å²) in [6.07, 6.45) is -3.96. The highest BCUT2D eigenvalue weighted by atomic mass is 19.4. The first kappa shape index (κ1) is 22.3. The van der Waals surface area contributed by atoms with Crippen LogP contribution in [0.25, 0.3) is 0 Å². The van der Waals surface area contributed by atoms with E-state index in [1.807, 2.05) is 30.3 Å². The van der Waals surface area contributed by atoms with Crippen LogP contribution in [0.4, 0.5) is 23.7 Å². The smallest absolute Gasteiger partial charge is 0.416 e. The molecule has 1 aliphatic heterocycles. The van der Waals surface area contributed by atoms with Gasteiger partial charge in [0.05, 0.1) is 17.7 Å². The maximum Gasteiger partial charge on any atom is 0.416 e. The normalized spacial score (nSPS) is 21.2. The highest BCUT2D eigenvalue weighted by Gasteiger charge is 2.33. The third kappa shape index (κ3) is 4.46. The molecule has 3 atom stereocenters. The molecule has 3 aromatic rings. The van der Waals surface area contributed by atoms with Crippen LogP contribution < -0.4 is 15.4 Å². The molecule has 34 heavy (non-hydrogen) atoms. The molecule has 2 aliphatic rings. The lowest BCUT2D eigenvalue weighted by atomic mass is 9.92. The Labute approximate surface area is 194 Å². The molecule has 8 heteroatoms. The van der Waals surface area contributed by atoms with E-state index in [4.69, 9.17) is 4.74 Å². The van der Waals surface area contributed by atoms with Crippen LogP contribution in [-0.2, 0) is 19.0 Å². The zero-order valence-corrected chi connectivity index (χ0v) is 18.1. The van der Waals surface area contributed by atoms with E-state index in [2.05, 4.69) is 10.6 Å². The molecule has 176 valence electrons. The zero-order chi connectivity index (χ0) is 23.9. The Balaban J connectivity index is 1.35. The van der Waals surface area contributed by atoms with Gasteiger partial charge in [0.15, 0.2) is 0 Å². The number of aliphatic hydroxyl groups is 1. The van der Waals surface area contributed by atoms with E-state index in [0.717, 1.165) is 28.8 Å². The van der Waals surface area contributed by atoms with E-state index in [0.29, 0.717) is 36.3 Å².